The van der Waals surface area contributed by atoms with Gasteiger partial charge in [-0.25, -0.2) is 0 Å². The smallest absolute Gasteiger partial charge is 0.311 e. The molecule has 0 saturated heterocycles. The summed E-state index contributed by atoms with van der Waals surface area (Å²) in [7, 11) is 1.33. The van der Waals surface area contributed by atoms with Gasteiger partial charge in [-0.1, -0.05) is 6.08 Å². The van der Waals surface area contributed by atoms with Crippen molar-refractivity contribution in [3.8, 4) is 5.75 Å². The first-order valence-corrected chi connectivity index (χ1v) is 4.81. The van der Waals surface area contributed by atoms with E-state index in [1.807, 2.05) is 0 Å². The predicted molar refractivity (Wildman–Crippen MR) is 62.2 cm³/mol. The summed E-state index contributed by atoms with van der Waals surface area (Å²) in [4.78, 5) is 21.7. The number of hydrogen-bond donors (Lipinski definition) is 1. The van der Waals surface area contributed by atoms with Crippen LogP contribution in [0.1, 0.15) is 10.4 Å². The molecule has 6 heteroatoms. The highest BCUT2D eigenvalue weighted by atomic mass is 16.6. The van der Waals surface area contributed by atoms with Gasteiger partial charge in [-0.3, -0.25) is 14.9 Å². The lowest BCUT2D eigenvalue weighted by atomic mass is 10.1. The van der Waals surface area contributed by atoms with Gasteiger partial charge in [-0.15, -0.1) is 6.58 Å². The number of nitro groups is 1. The van der Waals surface area contributed by atoms with Gasteiger partial charge in [0, 0.05) is 18.2 Å². The summed E-state index contributed by atoms with van der Waals surface area (Å²) in [6, 6.07) is 4.03. The molecule has 1 aromatic rings. The molecule has 0 heterocycles. The number of hydrogen-bond acceptors (Lipinski definition) is 4. The number of nitrogens with zero attached hydrogens (tertiary/aromatic N) is 1. The third-order valence-electron chi connectivity index (χ3n) is 2.04. The summed E-state index contributed by atoms with van der Waals surface area (Å²) in [5, 5.41) is 13.3. The number of ether oxygens (including phenoxy) is 1. The molecule has 0 bridgehead atoms. The van der Waals surface area contributed by atoms with E-state index < -0.39 is 10.8 Å². The van der Waals surface area contributed by atoms with Crippen molar-refractivity contribution >= 4 is 11.6 Å². The van der Waals surface area contributed by atoms with Crippen LogP contribution < -0.4 is 10.1 Å². The Morgan fingerprint density at radius 1 is 1.65 bits per heavy atom. The van der Waals surface area contributed by atoms with E-state index in [0.717, 1.165) is 0 Å². The van der Waals surface area contributed by atoms with Crippen LogP contribution in [0.2, 0.25) is 0 Å². The Balaban J connectivity index is 3.03. The topological polar surface area (TPSA) is 81.5 Å². The second-order valence-electron chi connectivity index (χ2n) is 3.14. The molecular weight excluding hydrogens is 224 g/mol. The molecule has 0 aromatic heterocycles. The lowest BCUT2D eigenvalue weighted by molar-refractivity contribution is -0.385. The molecule has 0 aliphatic rings. The van der Waals surface area contributed by atoms with E-state index >= 15 is 0 Å². The highest BCUT2D eigenvalue weighted by Gasteiger charge is 2.17. The van der Waals surface area contributed by atoms with E-state index in [2.05, 4.69) is 11.9 Å². The average molecular weight is 236 g/mol. The van der Waals surface area contributed by atoms with E-state index in [1.54, 1.807) is 0 Å². The lowest BCUT2D eigenvalue weighted by Gasteiger charge is -2.05. The van der Waals surface area contributed by atoms with Crippen molar-refractivity contribution in [2.24, 2.45) is 0 Å². The minimum absolute atomic E-state index is 0.121. The summed E-state index contributed by atoms with van der Waals surface area (Å²) < 4.78 is 4.83. The third kappa shape index (κ3) is 3.04. The summed E-state index contributed by atoms with van der Waals surface area (Å²) in [5.74, 6) is -0.272. The van der Waals surface area contributed by atoms with E-state index in [1.165, 1.54) is 31.4 Å². The third-order valence-corrected chi connectivity index (χ3v) is 2.04. The van der Waals surface area contributed by atoms with E-state index in [4.69, 9.17) is 4.74 Å². The molecule has 0 saturated carbocycles. The van der Waals surface area contributed by atoms with Gasteiger partial charge < -0.3 is 10.1 Å². The highest BCUT2D eigenvalue weighted by molar-refractivity contribution is 5.95. The van der Waals surface area contributed by atoms with Crippen molar-refractivity contribution in [3.63, 3.8) is 0 Å². The summed E-state index contributed by atoms with van der Waals surface area (Å²) in [6.07, 6.45) is 1.52. The van der Waals surface area contributed by atoms with Gasteiger partial charge in [-0.05, 0) is 12.1 Å². The molecule has 0 aliphatic heterocycles. The number of carbonyl (C=O) groups excluding carboxylic acids is 1. The van der Waals surface area contributed by atoms with Gasteiger partial charge >= 0.3 is 5.69 Å². The normalized spacial score (nSPS) is 9.47. The number of amides is 1. The lowest BCUT2D eigenvalue weighted by Crippen LogP contribution is -2.23. The fourth-order valence-electron chi connectivity index (χ4n) is 1.24. The first kappa shape index (κ1) is 12.7. The van der Waals surface area contributed by atoms with Crippen LogP contribution in [0, 0.1) is 10.1 Å². The van der Waals surface area contributed by atoms with E-state index in [0.29, 0.717) is 6.54 Å². The number of nitrogens with one attached hydrogen (secondary N) is 1. The van der Waals surface area contributed by atoms with Gasteiger partial charge in [0.2, 0.25) is 0 Å². The molecule has 0 atom stereocenters. The molecule has 6 nitrogen and oxygen atoms in total. The van der Waals surface area contributed by atoms with Gasteiger partial charge in [0.05, 0.1) is 12.0 Å². The molecule has 1 amide bonds. The van der Waals surface area contributed by atoms with E-state index in [-0.39, 0.29) is 17.0 Å². The standard InChI is InChI=1S/C11H12N2O4/c1-3-6-12-11(14)8-4-5-10(17-2)9(7-8)13(15)16/h3-5,7H,1,6H2,2H3,(H,12,14). The van der Waals surface area contributed by atoms with Crippen molar-refractivity contribution in [1.29, 1.82) is 0 Å². The predicted octanol–water partition coefficient (Wildman–Crippen LogP) is 1.52. The molecule has 1 N–H and O–H groups in total. The molecule has 0 spiro atoms. The Hall–Kier alpha value is -2.37. The molecule has 0 unspecified atom stereocenters. The highest BCUT2D eigenvalue weighted by Crippen LogP contribution is 2.27. The quantitative estimate of drug-likeness (QED) is 0.477. The molecule has 0 fully saturated rings. The molecule has 0 aliphatic carbocycles. The van der Waals surface area contributed by atoms with Gasteiger partial charge in [-0.2, -0.15) is 0 Å². The van der Waals surface area contributed by atoms with Crippen LogP contribution >= 0.6 is 0 Å². The number of nitro benzene ring substituents is 1. The minimum atomic E-state index is -0.594. The summed E-state index contributed by atoms with van der Waals surface area (Å²) in [5.41, 5.74) is -0.0295. The fraction of sp³-hybridized carbons (Fsp3) is 0.182. The van der Waals surface area contributed by atoms with Gasteiger partial charge in [0.1, 0.15) is 0 Å². The number of benzene rings is 1. The molecule has 0 radical (unpaired) electrons. The van der Waals surface area contributed by atoms with Crippen LogP contribution in [0.25, 0.3) is 0 Å². The van der Waals surface area contributed by atoms with Crippen LogP contribution in [0.15, 0.2) is 30.9 Å². The SMILES string of the molecule is C=CCNC(=O)c1ccc(OC)c([N+](=O)[O-])c1. The first-order chi connectivity index (χ1) is 8.10. The molecule has 1 rings (SSSR count). The van der Waals surface area contributed by atoms with Gasteiger partial charge in [0.15, 0.2) is 5.75 Å². The van der Waals surface area contributed by atoms with Crippen molar-refractivity contribution in [2.75, 3.05) is 13.7 Å². The second kappa shape index (κ2) is 5.64. The fourth-order valence-corrected chi connectivity index (χ4v) is 1.24. The van der Waals surface area contributed by atoms with Crippen molar-refractivity contribution in [1.82, 2.24) is 5.32 Å². The number of methoxy groups -OCH3 is 1. The maximum atomic E-state index is 11.6. The van der Waals surface area contributed by atoms with Crippen LogP contribution in [0.5, 0.6) is 5.75 Å². The van der Waals surface area contributed by atoms with Crippen LogP contribution in [0.3, 0.4) is 0 Å². The number of carbonyl (C=O) groups is 1. The summed E-state index contributed by atoms with van der Waals surface area (Å²) >= 11 is 0. The Labute approximate surface area is 98.0 Å². The molecule has 1 aromatic carbocycles. The van der Waals surface area contributed by atoms with E-state index in [9.17, 15) is 14.9 Å². The average Bonchev–Trinajstić information content (AvgIpc) is 2.34. The number of rotatable bonds is 5. The van der Waals surface area contributed by atoms with Crippen LogP contribution in [-0.4, -0.2) is 24.5 Å². The first-order valence-electron chi connectivity index (χ1n) is 4.81. The summed E-state index contributed by atoms with van der Waals surface area (Å²) in [6.45, 7) is 3.76. The van der Waals surface area contributed by atoms with Crippen molar-refractivity contribution in [2.45, 2.75) is 0 Å². The maximum Gasteiger partial charge on any atom is 0.311 e. The zero-order valence-corrected chi connectivity index (χ0v) is 9.30. The van der Waals surface area contributed by atoms with Crippen molar-refractivity contribution in [3.05, 3.63) is 46.5 Å². The Morgan fingerprint density at radius 3 is 2.88 bits per heavy atom. The van der Waals surface area contributed by atoms with Crippen molar-refractivity contribution < 1.29 is 14.5 Å². The van der Waals surface area contributed by atoms with Crippen LogP contribution in [-0.2, 0) is 0 Å². The Kier molecular flexibility index (Phi) is 4.21. The van der Waals surface area contributed by atoms with Crippen LogP contribution in [0.4, 0.5) is 5.69 Å². The minimum Gasteiger partial charge on any atom is -0.490 e. The Bertz CT molecular complexity index is 457. The second-order valence-corrected chi connectivity index (χ2v) is 3.14. The zero-order chi connectivity index (χ0) is 12.8. The Morgan fingerprint density at radius 2 is 2.35 bits per heavy atom. The molecule has 90 valence electrons. The molecule has 17 heavy (non-hydrogen) atoms. The largest absolute Gasteiger partial charge is 0.490 e. The monoisotopic (exact) mass is 236 g/mol. The zero-order valence-electron chi connectivity index (χ0n) is 9.30. The maximum absolute atomic E-state index is 11.6. The molecular formula is C11H12N2O4. The van der Waals surface area contributed by atoms with Gasteiger partial charge in [0.25, 0.3) is 5.91 Å².